The first kappa shape index (κ1) is 71.4. The van der Waals surface area contributed by atoms with Crippen LogP contribution in [0.2, 0.25) is 0 Å². The van der Waals surface area contributed by atoms with Crippen LogP contribution in [0.15, 0.2) is 48.6 Å². The van der Waals surface area contributed by atoms with E-state index in [9.17, 15) is 14.4 Å². The van der Waals surface area contributed by atoms with Crippen molar-refractivity contribution in [2.24, 2.45) is 0 Å². The lowest BCUT2D eigenvalue weighted by Crippen LogP contribution is -2.30. The van der Waals surface area contributed by atoms with E-state index in [-0.39, 0.29) is 31.1 Å². The van der Waals surface area contributed by atoms with Crippen LogP contribution in [0, 0.1) is 0 Å². The number of unbranched alkanes of at least 4 members (excludes halogenated alkanes) is 41. The van der Waals surface area contributed by atoms with E-state index >= 15 is 0 Å². The monoisotopic (exact) mass is 1040 g/mol. The van der Waals surface area contributed by atoms with Gasteiger partial charge in [-0.05, 0) is 70.6 Å². The summed E-state index contributed by atoms with van der Waals surface area (Å²) in [6.07, 6.45) is 78.8. The highest BCUT2D eigenvalue weighted by atomic mass is 16.6. The number of ether oxygens (including phenoxy) is 3. The van der Waals surface area contributed by atoms with Gasteiger partial charge in [-0.3, -0.25) is 14.4 Å². The third kappa shape index (κ3) is 60.2. The van der Waals surface area contributed by atoms with Crippen LogP contribution in [0.4, 0.5) is 0 Å². The molecule has 0 N–H and O–H groups in total. The van der Waals surface area contributed by atoms with Gasteiger partial charge in [0, 0.05) is 19.3 Å². The molecule has 0 aromatic heterocycles. The molecular formula is C68H124O6. The van der Waals surface area contributed by atoms with E-state index in [1.54, 1.807) is 0 Å². The van der Waals surface area contributed by atoms with Crippen molar-refractivity contribution in [1.82, 2.24) is 0 Å². The van der Waals surface area contributed by atoms with Gasteiger partial charge in [0.05, 0.1) is 0 Å². The maximum absolute atomic E-state index is 12.8. The smallest absolute Gasteiger partial charge is 0.306 e. The van der Waals surface area contributed by atoms with Crippen LogP contribution in [-0.4, -0.2) is 37.2 Å². The van der Waals surface area contributed by atoms with Gasteiger partial charge in [-0.2, -0.15) is 0 Å². The fraction of sp³-hybridized carbons (Fsp3) is 0.838. The zero-order chi connectivity index (χ0) is 53.6. The van der Waals surface area contributed by atoms with E-state index in [4.69, 9.17) is 14.2 Å². The van der Waals surface area contributed by atoms with E-state index in [0.29, 0.717) is 19.3 Å². The van der Waals surface area contributed by atoms with Gasteiger partial charge in [-0.1, -0.05) is 307 Å². The summed E-state index contributed by atoms with van der Waals surface area (Å²) in [6, 6.07) is 0. The molecule has 0 spiro atoms. The maximum Gasteiger partial charge on any atom is 0.306 e. The van der Waals surface area contributed by atoms with Crippen molar-refractivity contribution in [1.29, 1.82) is 0 Å². The van der Waals surface area contributed by atoms with Gasteiger partial charge in [-0.15, -0.1) is 0 Å². The highest BCUT2D eigenvalue weighted by Gasteiger charge is 2.19. The fourth-order valence-corrected chi connectivity index (χ4v) is 9.68. The Balaban J connectivity index is 4.04. The standard InChI is InChI=1S/C68H124O6/c1-4-7-10-13-16-19-22-24-25-26-27-28-29-30-31-32-33-34-35-36-37-38-39-40-41-42-44-46-49-52-55-58-61-67(70)73-64-65(63-72-66(69)60-57-54-51-48-45-21-18-15-12-9-6-3)74-68(71)62-59-56-53-50-47-43-23-20-17-14-11-8-5-2/h8,11,15,17-18,20,43,47,65H,4-7,9-10,12-14,16,19,21-42,44-46,48-64H2,1-3H3/b11-8-,18-15-,20-17-,47-43-. The van der Waals surface area contributed by atoms with Crippen LogP contribution < -0.4 is 0 Å². The molecule has 0 saturated heterocycles. The summed E-state index contributed by atoms with van der Waals surface area (Å²) in [4.78, 5) is 38.1. The number of allylic oxidation sites excluding steroid dienone is 8. The maximum atomic E-state index is 12.8. The van der Waals surface area contributed by atoms with Crippen molar-refractivity contribution in [2.75, 3.05) is 13.2 Å². The normalized spacial score (nSPS) is 12.3. The zero-order valence-electron chi connectivity index (χ0n) is 49.6. The first-order chi connectivity index (χ1) is 36.5. The fourth-order valence-electron chi connectivity index (χ4n) is 9.68. The van der Waals surface area contributed by atoms with Gasteiger partial charge in [0.2, 0.25) is 0 Å². The quantitative estimate of drug-likeness (QED) is 0.0261. The van der Waals surface area contributed by atoms with Crippen molar-refractivity contribution in [3.05, 3.63) is 48.6 Å². The lowest BCUT2D eigenvalue weighted by molar-refractivity contribution is -0.167. The number of carbonyl (C=O) groups is 3. The van der Waals surface area contributed by atoms with Crippen molar-refractivity contribution in [3.8, 4) is 0 Å². The van der Waals surface area contributed by atoms with Crippen LogP contribution >= 0.6 is 0 Å². The molecule has 1 atom stereocenters. The molecule has 6 heteroatoms. The third-order valence-corrected chi connectivity index (χ3v) is 14.6. The molecule has 0 aliphatic heterocycles. The second-order valence-electron chi connectivity index (χ2n) is 22.0. The average Bonchev–Trinajstić information content (AvgIpc) is 3.40. The molecule has 0 aliphatic carbocycles. The van der Waals surface area contributed by atoms with Crippen LogP contribution in [0.1, 0.15) is 348 Å². The van der Waals surface area contributed by atoms with E-state index in [1.807, 2.05) is 0 Å². The zero-order valence-corrected chi connectivity index (χ0v) is 49.6. The second-order valence-corrected chi connectivity index (χ2v) is 22.0. The van der Waals surface area contributed by atoms with Gasteiger partial charge >= 0.3 is 17.9 Å². The minimum Gasteiger partial charge on any atom is -0.462 e. The largest absolute Gasteiger partial charge is 0.462 e. The van der Waals surface area contributed by atoms with Crippen molar-refractivity contribution < 1.29 is 28.6 Å². The predicted octanol–water partition coefficient (Wildman–Crippen LogP) is 22.2. The van der Waals surface area contributed by atoms with Crippen molar-refractivity contribution in [2.45, 2.75) is 354 Å². The molecule has 0 heterocycles. The third-order valence-electron chi connectivity index (χ3n) is 14.6. The Bertz CT molecular complexity index is 1280. The molecule has 1 unspecified atom stereocenters. The van der Waals surface area contributed by atoms with Gasteiger partial charge < -0.3 is 14.2 Å². The molecule has 0 bridgehead atoms. The van der Waals surface area contributed by atoms with Gasteiger partial charge in [0.1, 0.15) is 13.2 Å². The molecule has 432 valence electrons. The molecule has 0 rings (SSSR count). The van der Waals surface area contributed by atoms with E-state index in [2.05, 4.69) is 69.4 Å². The Morgan fingerprint density at radius 1 is 0.284 bits per heavy atom. The van der Waals surface area contributed by atoms with E-state index < -0.39 is 6.10 Å². The molecule has 6 nitrogen and oxygen atoms in total. The summed E-state index contributed by atoms with van der Waals surface area (Å²) in [7, 11) is 0. The molecule has 0 fully saturated rings. The number of carbonyl (C=O) groups excluding carboxylic acids is 3. The highest BCUT2D eigenvalue weighted by Crippen LogP contribution is 2.18. The Kier molecular flexibility index (Phi) is 60.7. The van der Waals surface area contributed by atoms with Gasteiger partial charge in [-0.25, -0.2) is 0 Å². The molecular weight excluding hydrogens is 913 g/mol. The van der Waals surface area contributed by atoms with Crippen molar-refractivity contribution in [3.63, 3.8) is 0 Å². The summed E-state index contributed by atoms with van der Waals surface area (Å²) >= 11 is 0. The minimum atomic E-state index is -0.789. The summed E-state index contributed by atoms with van der Waals surface area (Å²) in [5, 5.41) is 0. The lowest BCUT2D eigenvalue weighted by Gasteiger charge is -2.18. The van der Waals surface area contributed by atoms with Crippen LogP contribution in [0.25, 0.3) is 0 Å². The van der Waals surface area contributed by atoms with Crippen molar-refractivity contribution >= 4 is 17.9 Å². The molecule has 74 heavy (non-hydrogen) atoms. The highest BCUT2D eigenvalue weighted by molar-refractivity contribution is 5.71. The Hall–Kier alpha value is -2.63. The Labute approximate surface area is 460 Å². The summed E-state index contributed by atoms with van der Waals surface area (Å²) in [5.41, 5.74) is 0. The first-order valence-electron chi connectivity index (χ1n) is 32.6. The summed E-state index contributed by atoms with van der Waals surface area (Å²) < 4.78 is 16.8. The summed E-state index contributed by atoms with van der Waals surface area (Å²) in [5.74, 6) is -0.910. The SMILES string of the molecule is CC/C=C\C/C=C\C/C=C\CCCCCC(=O)OC(COC(=O)CCCCCCC/C=C\CCCC)COC(=O)CCCCCCCCCCCCCCCCCCCCCCCCCCCCCCCCCC. The minimum absolute atomic E-state index is 0.0848. The molecule has 0 saturated carbocycles. The first-order valence-corrected chi connectivity index (χ1v) is 32.6. The topological polar surface area (TPSA) is 78.9 Å². The predicted molar refractivity (Wildman–Crippen MR) is 321 cm³/mol. The molecule has 0 aromatic rings. The average molecular weight is 1040 g/mol. The van der Waals surface area contributed by atoms with Crippen LogP contribution in [0.5, 0.6) is 0 Å². The number of hydrogen-bond acceptors (Lipinski definition) is 6. The van der Waals surface area contributed by atoms with Gasteiger partial charge in [0.15, 0.2) is 6.10 Å². The molecule has 0 radical (unpaired) electrons. The number of hydrogen-bond donors (Lipinski definition) is 0. The lowest BCUT2D eigenvalue weighted by atomic mass is 10.0. The number of esters is 3. The second kappa shape index (κ2) is 62.9. The molecule has 0 aromatic carbocycles. The Morgan fingerprint density at radius 3 is 0.892 bits per heavy atom. The van der Waals surface area contributed by atoms with Gasteiger partial charge in [0.25, 0.3) is 0 Å². The molecule has 0 aliphatic rings. The molecule has 0 amide bonds. The van der Waals surface area contributed by atoms with E-state index in [1.165, 1.54) is 218 Å². The Morgan fingerprint density at radius 2 is 0.541 bits per heavy atom. The summed E-state index contributed by atoms with van der Waals surface area (Å²) in [6.45, 7) is 6.50. The van der Waals surface area contributed by atoms with Crippen LogP contribution in [0.3, 0.4) is 0 Å². The van der Waals surface area contributed by atoms with Crippen LogP contribution in [-0.2, 0) is 28.6 Å². The van der Waals surface area contributed by atoms with E-state index in [0.717, 1.165) is 89.9 Å². The number of rotatable bonds is 60.